The highest BCUT2D eigenvalue weighted by Gasteiger charge is 2.32. The monoisotopic (exact) mass is 339 g/mol. The molecule has 7 heteroatoms. The summed E-state index contributed by atoms with van der Waals surface area (Å²) in [6.07, 6.45) is 6.24. The van der Waals surface area contributed by atoms with Crippen LogP contribution in [-0.2, 0) is 9.84 Å². The largest absolute Gasteiger partial charge is 0.349 e. The number of hydrogen-bond acceptors (Lipinski definition) is 4. The van der Waals surface area contributed by atoms with Gasteiger partial charge in [0.15, 0.2) is 9.84 Å². The van der Waals surface area contributed by atoms with E-state index in [0.29, 0.717) is 17.7 Å². The van der Waals surface area contributed by atoms with Gasteiger partial charge in [0.1, 0.15) is 0 Å². The molecule has 1 saturated carbocycles. The second-order valence-electron chi connectivity index (χ2n) is 6.86. The molecule has 3 rings (SSSR count). The van der Waals surface area contributed by atoms with Gasteiger partial charge in [-0.3, -0.25) is 9.48 Å². The number of aryl methyl sites for hydroxylation is 1. The molecule has 1 atom stereocenters. The molecule has 0 bridgehead atoms. The maximum Gasteiger partial charge on any atom is 0.255 e. The summed E-state index contributed by atoms with van der Waals surface area (Å²) in [6.45, 7) is 3.68. The Morgan fingerprint density at radius 2 is 1.87 bits per heavy atom. The number of amides is 1. The lowest BCUT2D eigenvalue weighted by atomic mass is 9.95. The number of hydrogen-bond donors (Lipinski definition) is 1. The zero-order chi connectivity index (χ0) is 16.6. The van der Waals surface area contributed by atoms with Gasteiger partial charge in [-0.2, -0.15) is 5.10 Å². The lowest BCUT2D eigenvalue weighted by molar-refractivity contribution is 0.0926. The van der Waals surface area contributed by atoms with Crippen molar-refractivity contribution >= 4 is 15.7 Å². The van der Waals surface area contributed by atoms with Crippen LogP contribution in [-0.4, -0.2) is 41.7 Å². The van der Waals surface area contributed by atoms with Crippen LogP contribution < -0.4 is 5.32 Å². The third-order valence-corrected chi connectivity index (χ3v) is 6.80. The maximum absolute atomic E-state index is 12.6. The van der Waals surface area contributed by atoms with Gasteiger partial charge in [-0.05, 0) is 33.1 Å². The third-order valence-electron chi connectivity index (χ3n) is 5.05. The van der Waals surface area contributed by atoms with Crippen LogP contribution in [0.1, 0.15) is 66.3 Å². The molecule has 1 N–H and O–H groups in total. The SMILES string of the molecule is Cc1nn([C@H]2CCS(=O)(=O)C2)c(C)c1C(=O)NC1CCCCC1. The van der Waals surface area contributed by atoms with Crippen molar-refractivity contribution < 1.29 is 13.2 Å². The van der Waals surface area contributed by atoms with E-state index in [4.69, 9.17) is 0 Å². The van der Waals surface area contributed by atoms with Crippen LogP contribution in [0.2, 0.25) is 0 Å². The first-order valence-electron chi connectivity index (χ1n) is 8.44. The van der Waals surface area contributed by atoms with E-state index in [-0.39, 0.29) is 29.5 Å². The molecule has 1 amide bonds. The van der Waals surface area contributed by atoms with Gasteiger partial charge in [-0.1, -0.05) is 19.3 Å². The van der Waals surface area contributed by atoms with Crippen LogP contribution >= 0.6 is 0 Å². The summed E-state index contributed by atoms with van der Waals surface area (Å²) in [5, 5.41) is 7.59. The molecule has 1 aliphatic heterocycles. The van der Waals surface area contributed by atoms with E-state index < -0.39 is 9.84 Å². The smallest absolute Gasteiger partial charge is 0.255 e. The predicted octanol–water partition coefficient (Wildman–Crippen LogP) is 1.92. The normalized spacial score (nSPS) is 24.7. The minimum absolute atomic E-state index is 0.0704. The molecule has 0 unspecified atom stereocenters. The van der Waals surface area contributed by atoms with Crippen LogP contribution in [0.5, 0.6) is 0 Å². The number of nitrogens with one attached hydrogen (secondary N) is 1. The lowest BCUT2D eigenvalue weighted by Crippen LogP contribution is -2.36. The van der Waals surface area contributed by atoms with E-state index in [9.17, 15) is 13.2 Å². The number of carbonyl (C=O) groups is 1. The van der Waals surface area contributed by atoms with E-state index >= 15 is 0 Å². The quantitative estimate of drug-likeness (QED) is 0.912. The number of rotatable bonds is 3. The standard InChI is InChI=1S/C16H25N3O3S/c1-11-15(16(20)17-13-6-4-3-5-7-13)12(2)19(18-11)14-8-9-23(21,22)10-14/h13-14H,3-10H2,1-2H3,(H,17,20)/t14-/m0/s1. The first kappa shape index (κ1) is 16.5. The van der Waals surface area contributed by atoms with Crippen LogP contribution in [0.4, 0.5) is 0 Å². The van der Waals surface area contributed by atoms with Crippen molar-refractivity contribution in [2.24, 2.45) is 0 Å². The second kappa shape index (κ2) is 6.26. The zero-order valence-corrected chi connectivity index (χ0v) is 14.7. The fraction of sp³-hybridized carbons (Fsp3) is 0.750. The molecule has 23 heavy (non-hydrogen) atoms. The Kier molecular flexibility index (Phi) is 4.49. The molecule has 0 spiro atoms. The molecule has 0 aromatic carbocycles. The van der Waals surface area contributed by atoms with E-state index in [1.54, 1.807) is 4.68 Å². The fourth-order valence-corrected chi connectivity index (χ4v) is 5.51. The summed E-state index contributed by atoms with van der Waals surface area (Å²) in [5.41, 5.74) is 2.07. The minimum atomic E-state index is -2.97. The summed E-state index contributed by atoms with van der Waals surface area (Å²) in [6, 6.07) is 0.111. The van der Waals surface area contributed by atoms with E-state index in [1.165, 1.54) is 19.3 Å². The second-order valence-corrected chi connectivity index (χ2v) is 9.08. The molecule has 6 nitrogen and oxygen atoms in total. The Balaban J connectivity index is 1.79. The Labute approximate surface area is 137 Å². The van der Waals surface area contributed by atoms with Crippen molar-refractivity contribution in [3.05, 3.63) is 17.0 Å². The molecule has 1 saturated heterocycles. The molecule has 1 aromatic heterocycles. The highest BCUT2D eigenvalue weighted by atomic mass is 32.2. The summed E-state index contributed by atoms with van der Waals surface area (Å²) in [4.78, 5) is 12.6. The molecule has 2 heterocycles. The van der Waals surface area contributed by atoms with Gasteiger partial charge >= 0.3 is 0 Å². The maximum atomic E-state index is 12.6. The van der Waals surface area contributed by atoms with E-state index in [1.807, 2.05) is 13.8 Å². The van der Waals surface area contributed by atoms with Gasteiger partial charge < -0.3 is 5.32 Å². The minimum Gasteiger partial charge on any atom is -0.349 e. The van der Waals surface area contributed by atoms with Crippen LogP contribution in [0.3, 0.4) is 0 Å². The van der Waals surface area contributed by atoms with Crippen molar-refractivity contribution in [3.8, 4) is 0 Å². The number of nitrogens with zero attached hydrogens (tertiary/aromatic N) is 2. The van der Waals surface area contributed by atoms with Gasteiger partial charge in [0.2, 0.25) is 0 Å². The fourth-order valence-electron chi connectivity index (χ4n) is 3.82. The van der Waals surface area contributed by atoms with Gasteiger partial charge in [0, 0.05) is 11.7 Å². The van der Waals surface area contributed by atoms with Gasteiger partial charge in [-0.25, -0.2) is 8.42 Å². The predicted molar refractivity (Wildman–Crippen MR) is 88.3 cm³/mol. The lowest BCUT2D eigenvalue weighted by Gasteiger charge is -2.22. The van der Waals surface area contributed by atoms with Gasteiger partial charge in [-0.15, -0.1) is 0 Å². The van der Waals surface area contributed by atoms with Crippen LogP contribution in [0, 0.1) is 13.8 Å². The first-order chi connectivity index (χ1) is 10.9. The summed E-state index contributed by atoms with van der Waals surface area (Å²) < 4.78 is 25.1. The molecule has 2 aliphatic rings. The topological polar surface area (TPSA) is 81.1 Å². The van der Waals surface area contributed by atoms with Crippen molar-refractivity contribution in [2.75, 3.05) is 11.5 Å². The number of carbonyl (C=O) groups excluding carboxylic acids is 1. The number of aromatic nitrogens is 2. The highest BCUT2D eigenvalue weighted by Crippen LogP contribution is 2.27. The van der Waals surface area contributed by atoms with Gasteiger partial charge in [0.05, 0.1) is 28.8 Å². The first-order valence-corrected chi connectivity index (χ1v) is 10.3. The average Bonchev–Trinajstić information content (AvgIpc) is 2.99. The third kappa shape index (κ3) is 3.44. The van der Waals surface area contributed by atoms with Crippen LogP contribution in [0.15, 0.2) is 0 Å². The average molecular weight is 339 g/mol. The summed E-state index contributed by atoms with van der Waals surface area (Å²) >= 11 is 0. The molecule has 0 radical (unpaired) electrons. The van der Waals surface area contributed by atoms with E-state index in [0.717, 1.165) is 18.5 Å². The van der Waals surface area contributed by atoms with Crippen molar-refractivity contribution in [3.63, 3.8) is 0 Å². The molecular weight excluding hydrogens is 314 g/mol. The van der Waals surface area contributed by atoms with Crippen LogP contribution in [0.25, 0.3) is 0 Å². The van der Waals surface area contributed by atoms with Crippen molar-refractivity contribution in [1.82, 2.24) is 15.1 Å². The van der Waals surface area contributed by atoms with E-state index in [2.05, 4.69) is 10.4 Å². The number of sulfone groups is 1. The Hall–Kier alpha value is -1.37. The molecule has 128 valence electrons. The Morgan fingerprint density at radius 1 is 1.17 bits per heavy atom. The van der Waals surface area contributed by atoms with Crippen molar-refractivity contribution in [2.45, 2.75) is 64.5 Å². The Bertz CT molecular complexity index is 702. The zero-order valence-electron chi connectivity index (χ0n) is 13.8. The van der Waals surface area contributed by atoms with Crippen molar-refractivity contribution in [1.29, 1.82) is 0 Å². The molecule has 2 fully saturated rings. The summed E-state index contributed by atoms with van der Waals surface area (Å²) in [7, 11) is -2.97. The van der Waals surface area contributed by atoms with Gasteiger partial charge in [0.25, 0.3) is 5.91 Å². The molecule has 1 aromatic rings. The Morgan fingerprint density at radius 3 is 2.48 bits per heavy atom. The molecular formula is C16H25N3O3S. The highest BCUT2D eigenvalue weighted by molar-refractivity contribution is 7.91. The summed E-state index contributed by atoms with van der Waals surface area (Å²) in [5.74, 6) is 0.261. The molecule has 1 aliphatic carbocycles.